The van der Waals surface area contributed by atoms with Crippen LogP contribution in [-0.2, 0) is 11.3 Å². The molecular weight excluding hydrogens is 152 g/mol. The number of phenols is 1. The average molecular weight is 166 g/mol. The summed E-state index contributed by atoms with van der Waals surface area (Å²) in [7, 11) is 1.65. The second-order valence-corrected chi connectivity index (χ2v) is 2.95. The number of aryl methyl sites for hydroxylation is 1. The largest absolute Gasteiger partial charge is 0.507 e. The minimum atomic E-state index is 0.379. The molecule has 0 spiro atoms. The number of aromatic hydroxyl groups is 1. The fraction of sp³-hybridized carbons (Fsp3) is 0.400. The third-order valence-corrected chi connectivity index (χ3v) is 2.04. The Morgan fingerprint density at radius 2 is 2.00 bits per heavy atom. The molecule has 0 aliphatic carbocycles. The summed E-state index contributed by atoms with van der Waals surface area (Å²) >= 11 is 0. The summed E-state index contributed by atoms with van der Waals surface area (Å²) in [6.07, 6.45) is 0. The zero-order valence-electron chi connectivity index (χ0n) is 7.72. The predicted octanol–water partition coefficient (Wildman–Crippen LogP) is 2.16. The molecule has 12 heavy (non-hydrogen) atoms. The van der Waals surface area contributed by atoms with Gasteiger partial charge in [0.1, 0.15) is 5.75 Å². The van der Waals surface area contributed by atoms with E-state index in [1.807, 2.05) is 26.0 Å². The van der Waals surface area contributed by atoms with Crippen LogP contribution >= 0.6 is 0 Å². The van der Waals surface area contributed by atoms with Gasteiger partial charge in [-0.15, -0.1) is 0 Å². The molecule has 0 aliphatic heterocycles. The summed E-state index contributed by atoms with van der Waals surface area (Å²) in [5, 5.41) is 9.56. The zero-order chi connectivity index (χ0) is 9.14. The van der Waals surface area contributed by atoms with Crippen LogP contribution in [0.5, 0.6) is 5.75 Å². The van der Waals surface area contributed by atoms with E-state index in [0.29, 0.717) is 12.4 Å². The maximum absolute atomic E-state index is 9.56. The van der Waals surface area contributed by atoms with Crippen molar-refractivity contribution in [3.63, 3.8) is 0 Å². The number of hydrogen-bond donors (Lipinski definition) is 1. The first kappa shape index (κ1) is 9.07. The van der Waals surface area contributed by atoms with Gasteiger partial charge in [-0.1, -0.05) is 12.1 Å². The van der Waals surface area contributed by atoms with Gasteiger partial charge in [-0.2, -0.15) is 0 Å². The predicted molar refractivity (Wildman–Crippen MR) is 48.3 cm³/mol. The van der Waals surface area contributed by atoms with Crippen LogP contribution in [0.2, 0.25) is 0 Å². The smallest absolute Gasteiger partial charge is 0.121 e. The third kappa shape index (κ3) is 1.59. The van der Waals surface area contributed by atoms with Crippen LogP contribution in [0.15, 0.2) is 12.1 Å². The first-order valence-corrected chi connectivity index (χ1v) is 3.93. The van der Waals surface area contributed by atoms with E-state index in [0.717, 1.165) is 16.7 Å². The van der Waals surface area contributed by atoms with Crippen LogP contribution < -0.4 is 0 Å². The fourth-order valence-electron chi connectivity index (χ4n) is 1.19. The molecule has 1 rings (SSSR count). The second kappa shape index (κ2) is 3.59. The van der Waals surface area contributed by atoms with Gasteiger partial charge in [-0.3, -0.25) is 0 Å². The Bertz CT molecular complexity index is 279. The van der Waals surface area contributed by atoms with E-state index in [4.69, 9.17) is 4.74 Å². The molecule has 0 fully saturated rings. The van der Waals surface area contributed by atoms with E-state index in [-0.39, 0.29) is 0 Å². The molecular formula is C10H14O2. The van der Waals surface area contributed by atoms with Gasteiger partial charge in [-0.25, -0.2) is 0 Å². The maximum atomic E-state index is 9.56. The number of benzene rings is 1. The van der Waals surface area contributed by atoms with Crippen LogP contribution in [0.4, 0.5) is 0 Å². The summed E-state index contributed by atoms with van der Waals surface area (Å²) in [4.78, 5) is 0. The van der Waals surface area contributed by atoms with E-state index >= 15 is 0 Å². The molecule has 0 atom stereocenters. The van der Waals surface area contributed by atoms with Crippen molar-refractivity contribution in [3.05, 3.63) is 28.8 Å². The number of phenolic OH excluding ortho intramolecular Hbond substituents is 1. The first-order chi connectivity index (χ1) is 5.66. The number of rotatable bonds is 2. The standard InChI is InChI=1S/C10H14O2/c1-7-4-5-9(6-12-3)8(2)10(7)11/h4-5,11H,6H2,1-3H3. The average Bonchev–Trinajstić information content (AvgIpc) is 2.07. The van der Waals surface area contributed by atoms with Gasteiger partial charge in [0.2, 0.25) is 0 Å². The third-order valence-electron chi connectivity index (χ3n) is 2.04. The van der Waals surface area contributed by atoms with Crippen molar-refractivity contribution < 1.29 is 9.84 Å². The van der Waals surface area contributed by atoms with Crippen LogP contribution in [-0.4, -0.2) is 12.2 Å². The lowest BCUT2D eigenvalue weighted by Crippen LogP contribution is -1.92. The van der Waals surface area contributed by atoms with E-state index in [9.17, 15) is 5.11 Å². The van der Waals surface area contributed by atoms with Crippen LogP contribution in [0.1, 0.15) is 16.7 Å². The Morgan fingerprint density at radius 1 is 1.33 bits per heavy atom. The monoisotopic (exact) mass is 166 g/mol. The molecule has 0 bridgehead atoms. The van der Waals surface area contributed by atoms with Gasteiger partial charge in [0, 0.05) is 7.11 Å². The Labute approximate surface area is 72.8 Å². The highest BCUT2D eigenvalue weighted by molar-refractivity contribution is 5.43. The molecule has 1 aromatic carbocycles. The lowest BCUT2D eigenvalue weighted by Gasteiger charge is -2.08. The van der Waals surface area contributed by atoms with Gasteiger partial charge < -0.3 is 9.84 Å². The molecule has 0 aliphatic rings. The van der Waals surface area contributed by atoms with Crippen molar-refractivity contribution in [1.29, 1.82) is 0 Å². The molecule has 0 heterocycles. The summed E-state index contributed by atoms with van der Waals surface area (Å²) in [6, 6.07) is 3.88. The Hall–Kier alpha value is -1.02. The second-order valence-electron chi connectivity index (χ2n) is 2.95. The lowest BCUT2D eigenvalue weighted by atomic mass is 10.0. The number of methoxy groups -OCH3 is 1. The highest BCUT2D eigenvalue weighted by Crippen LogP contribution is 2.24. The molecule has 0 saturated carbocycles. The van der Waals surface area contributed by atoms with Gasteiger partial charge in [0.25, 0.3) is 0 Å². The molecule has 0 unspecified atom stereocenters. The Balaban J connectivity index is 3.08. The zero-order valence-corrected chi connectivity index (χ0v) is 7.72. The summed E-state index contributed by atoms with van der Waals surface area (Å²) < 4.78 is 4.99. The minimum Gasteiger partial charge on any atom is -0.507 e. The molecule has 1 N–H and O–H groups in total. The van der Waals surface area contributed by atoms with Crippen molar-refractivity contribution in [2.24, 2.45) is 0 Å². The highest BCUT2D eigenvalue weighted by Gasteiger charge is 2.04. The Kier molecular flexibility index (Phi) is 2.71. The summed E-state index contributed by atoms with van der Waals surface area (Å²) in [6.45, 7) is 4.34. The van der Waals surface area contributed by atoms with E-state index in [1.54, 1.807) is 7.11 Å². The number of ether oxygens (including phenoxy) is 1. The van der Waals surface area contributed by atoms with Crippen molar-refractivity contribution >= 4 is 0 Å². The Morgan fingerprint density at radius 3 is 2.58 bits per heavy atom. The lowest BCUT2D eigenvalue weighted by molar-refractivity contribution is 0.184. The van der Waals surface area contributed by atoms with Gasteiger partial charge >= 0.3 is 0 Å². The molecule has 1 aromatic rings. The molecule has 2 nitrogen and oxygen atoms in total. The van der Waals surface area contributed by atoms with E-state index in [2.05, 4.69) is 0 Å². The van der Waals surface area contributed by atoms with Crippen molar-refractivity contribution in [2.75, 3.05) is 7.11 Å². The summed E-state index contributed by atoms with van der Waals surface area (Å²) in [5.41, 5.74) is 2.87. The minimum absolute atomic E-state index is 0.379. The van der Waals surface area contributed by atoms with Crippen molar-refractivity contribution in [2.45, 2.75) is 20.5 Å². The molecule has 2 heteroatoms. The first-order valence-electron chi connectivity index (χ1n) is 3.93. The van der Waals surface area contributed by atoms with E-state index in [1.165, 1.54) is 0 Å². The SMILES string of the molecule is COCc1ccc(C)c(O)c1C. The topological polar surface area (TPSA) is 29.5 Å². The van der Waals surface area contributed by atoms with Crippen molar-refractivity contribution in [3.8, 4) is 5.75 Å². The van der Waals surface area contributed by atoms with Crippen LogP contribution in [0, 0.1) is 13.8 Å². The van der Waals surface area contributed by atoms with Crippen molar-refractivity contribution in [1.82, 2.24) is 0 Å². The molecule has 66 valence electrons. The maximum Gasteiger partial charge on any atom is 0.121 e. The summed E-state index contributed by atoms with van der Waals surface area (Å²) in [5.74, 6) is 0.379. The fourth-order valence-corrected chi connectivity index (χ4v) is 1.19. The van der Waals surface area contributed by atoms with Crippen LogP contribution in [0.25, 0.3) is 0 Å². The van der Waals surface area contributed by atoms with Gasteiger partial charge in [0.15, 0.2) is 0 Å². The van der Waals surface area contributed by atoms with Crippen LogP contribution in [0.3, 0.4) is 0 Å². The highest BCUT2D eigenvalue weighted by atomic mass is 16.5. The van der Waals surface area contributed by atoms with Gasteiger partial charge in [0.05, 0.1) is 6.61 Å². The molecule has 0 amide bonds. The normalized spacial score (nSPS) is 10.2. The van der Waals surface area contributed by atoms with Gasteiger partial charge in [-0.05, 0) is 30.5 Å². The molecule has 0 saturated heterocycles. The quantitative estimate of drug-likeness (QED) is 0.729. The molecule has 0 radical (unpaired) electrons. The van der Waals surface area contributed by atoms with E-state index < -0.39 is 0 Å². The molecule has 0 aromatic heterocycles. The number of hydrogen-bond acceptors (Lipinski definition) is 2.